The van der Waals surface area contributed by atoms with Crippen molar-refractivity contribution in [1.82, 2.24) is 9.97 Å². The monoisotopic (exact) mass is 245 g/mol. The number of fused-ring (bicyclic) bond motifs is 1. The number of nitrogen functional groups attached to an aromatic ring is 1. The van der Waals surface area contributed by atoms with Crippen molar-refractivity contribution in [2.45, 2.75) is 64.2 Å². The van der Waals surface area contributed by atoms with Gasteiger partial charge in [0.05, 0.1) is 0 Å². The van der Waals surface area contributed by atoms with Gasteiger partial charge in [-0.15, -0.1) is 0 Å². The fraction of sp³-hybridized carbons (Fsp3) is 0.733. The van der Waals surface area contributed by atoms with Gasteiger partial charge in [-0.2, -0.15) is 0 Å². The summed E-state index contributed by atoms with van der Waals surface area (Å²) in [5.74, 6) is 3.14. The molecule has 2 aliphatic carbocycles. The zero-order valence-electron chi connectivity index (χ0n) is 11.3. The molecule has 0 spiro atoms. The molecule has 3 heteroatoms. The molecule has 2 unspecified atom stereocenters. The van der Waals surface area contributed by atoms with Gasteiger partial charge in [0.2, 0.25) is 0 Å². The van der Waals surface area contributed by atoms with Gasteiger partial charge >= 0.3 is 0 Å². The zero-order valence-corrected chi connectivity index (χ0v) is 11.3. The van der Waals surface area contributed by atoms with Crippen LogP contribution in [0.25, 0.3) is 0 Å². The minimum absolute atomic E-state index is 0.545. The Morgan fingerprint density at radius 3 is 2.72 bits per heavy atom. The lowest BCUT2D eigenvalue weighted by molar-refractivity contribution is 0.334. The molecule has 0 aromatic carbocycles. The van der Waals surface area contributed by atoms with E-state index in [1.54, 1.807) is 0 Å². The minimum Gasteiger partial charge on any atom is -0.383 e. The van der Waals surface area contributed by atoms with Gasteiger partial charge < -0.3 is 5.73 Å². The Morgan fingerprint density at radius 2 is 1.89 bits per heavy atom. The number of aryl methyl sites for hydroxylation is 1. The van der Waals surface area contributed by atoms with Crippen LogP contribution in [0.15, 0.2) is 0 Å². The molecule has 2 N–H and O–H groups in total. The molecule has 18 heavy (non-hydrogen) atoms. The lowest BCUT2D eigenvalue weighted by atomic mass is 9.82. The topological polar surface area (TPSA) is 51.8 Å². The van der Waals surface area contributed by atoms with Crippen LogP contribution in [0.4, 0.5) is 5.82 Å². The summed E-state index contributed by atoms with van der Waals surface area (Å²) >= 11 is 0. The molecule has 2 aliphatic rings. The minimum atomic E-state index is 0.545. The second kappa shape index (κ2) is 4.87. The van der Waals surface area contributed by atoms with Gasteiger partial charge in [-0.3, -0.25) is 0 Å². The van der Waals surface area contributed by atoms with Crippen LogP contribution in [0.5, 0.6) is 0 Å². The molecular formula is C15H23N3. The lowest BCUT2D eigenvalue weighted by Crippen LogP contribution is -2.18. The third kappa shape index (κ3) is 2.23. The molecule has 0 bridgehead atoms. The second-order valence-corrected chi connectivity index (χ2v) is 6.07. The summed E-state index contributed by atoms with van der Waals surface area (Å²) in [6, 6.07) is 0. The van der Waals surface area contributed by atoms with Gasteiger partial charge in [0.25, 0.3) is 0 Å². The summed E-state index contributed by atoms with van der Waals surface area (Å²) in [4.78, 5) is 9.45. The summed E-state index contributed by atoms with van der Waals surface area (Å²) in [6.07, 6.45) is 9.80. The van der Waals surface area contributed by atoms with E-state index in [2.05, 4.69) is 11.9 Å². The van der Waals surface area contributed by atoms with Crippen LogP contribution in [0.2, 0.25) is 0 Å². The zero-order chi connectivity index (χ0) is 12.5. The van der Waals surface area contributed by atoms with E-state index in [1.807, 2.05) is 0 Å². The largest absolute Gasteiger partial charge is 0.383 e. The quantitative estimate of drug-likeness (QED) is 0.826. The van der Waals surface area contributed by atoms with Gasteiger partial charge in [0, 0.05) is 17.2 Å². The molecule has 3 rings (SSSR count). The Bertz CT molecular complexity index is 442. The van der Waals surface area contributed by atoms with E-state index in [1.165, 1.54) is 49.8 Å². The standard InChI is InChI=1S/C15H23N3/c1-10-5-4-6-11(9-10)15-17-13-8-3-2-7-12(13)14(16)18-15/h10-11H,2-9H2,1H3,(H2,16,17,18). The molecule has 1 fully saturated rings. The van der Waals surface area contributed by atoms with Crippen LogP contribution in [0.1, 0.15) is 68.4 Å². The first kappa shape index (κ1) is 11.9. The number of anilines is 1. The first-order valence-electron chi connectivity index (χ1n) is 7.39. The van der Waals surface area contributed by atoms with Crippen LogP contribution in [0.3, 0.4) is 0 Å². The average Bonchev–Trinajstić information content (AvgIpc) is 2.39. The van der Waals surface area contributed by atoms with Crippen molar-refractivity contribution in [3.05, 3.63) is 17.1 Å². The molecule has 0 amide bonds. The van der Waals surface area contributed by atoms with E-state index in [0.29, 0.717) is 5.92 Å². The molecule has 98 valence electrons. The van der Waals surface area contributed by atoms with Gasteiger partial charge in [-0.05, 0) is 44.4 Å². The summed E-state index contributed by atoms with van der Waals surface area (Å²) in [6.45, 7) is 2.34. The van der Waals surface area contributed by atoms with Crippen LogP contribution in [0, 0.1) is 5.92 Å². The van der Waals surface area contributed by atoms with Crippen LogP contribution < -0.4 is 5.73 Å². The van der Waals surface area contributed by atoms with E-state index < -0.39 is 0 Å². The van der Waals surface area contributed by atoms with Crippen molar-refractivity contribution in [2.75, 3.05) is 5.73 Å². The molecule has 1 aromatic heterocycles. The first-order chi connectivity index (χ1) is 8.74. The number of nitrogens with zero attached hydrogens (tertiary/aromatic N) is 2. The maximum Gasteiger partial charge on any atom is 0.134 e. The van der Waals surface area contributed by atoms with Crippen molar-refractivity contribution < 1.29 is 0 Å². The smallest absolute Gasteiger partial charge is 0.134 e. The van der Waals surface area contributed by atoms with Crippen LogP contribution in [-0.4, -0.2) is 9.97 Å². The van der Waals surface area contributed by atoms with E-state index in [4.69, 9.17) is 10.7 Å². The van der Waals surface area contributed by atoms with Gasteiger partial charge in [0.15, 0.2) is 0 Å². The Morgan fingerprint density at radius 1 is 1.06 bits per heavy atom. The van der Waals surface area contributed by atoms with Crippen molar-refractivity contribution in [3.8, 4) is 0 Å². The van der Waals surface area contributed by atoms with Crippen molar-refractivity contribution >= 4 is 5.82 Å². The summed E-state index contributed by atoms with van der Waals surface area (Å²) in [5, 5.41) is 0. The number of hydrogen-bond acceptors (Lipinski definition) is 3. The molecule has 1 heterocycles. The molecule has 2 atom stereocenters. The van der Waals surface area contributed by atoms with Gasteiger partial charge in [-0.1, -0.05) is 19.8 Å². The van der Waals surface area contributed by atoms with E-state index in [-0.39, 0.29) is 0 Å². The molecule has 0 aliphatic heterocycles. The maximum absolute atomic E-state index is 6.13. The summed E-state index contributed by atoms with van der Waals surface area (Å²) in [7, 11) is 0. The SMILES string of the molecule is CC1CCCC(c2nc(N)c3c(n2)CCCC3)C1. The fourth-order valence-electron chi connectivity index (χ4n) is 3.49. The van der Waals surface area contributed by atoms with Crippen molar-refractivity contribution in [3.63, 3.8) is 0 Å². The normalized spacial score (nSPS) is 27.8. The lowest BCUT2D eigenvalue weighted by Gasteiger charge is -2.27. The summed E-state index contributed by atoms with van der Waals surface area (Å²) in [5.41, 5.74) is 8.60. The molecule has 0 radical (unpaired) electrons. The predicted octanol–water partition coefficient (Wildman–Crippen LogP) is 3.23. The highest BCUT2D eigenvalue weighted by Crippen LogP contribution is 2.35. The van der Waals surface area contributed by atoms with Gasteiger partial charge in [0.1, 0.15) is 11.6 Å². The molecule has 1 saturated carbocycles. The highest BCUT2D eigenvalue weighted by molar-refractivity contribution is 5.43. The third-order valence-corrected chi connectivity index (χ3v) is 4.53. The number of nitrogens with two attached hydrogens (primary N) is 1. The Balaban J connectivity index is 1.90. The number of hydrogen-bond donors (Lipinski definition) is 1. The molecular weight excluding hydrogens is 222 g/mol. The second-order valence-electron chi connectivity index (χ2n) is 6.07. The van der Waals surface area contributed by atoms with E-state index >= 15 is 0 Å². The van der Waals surface area contributed by atoms with E-state index in [0.717, 1.165) is 30.4 Å². The van der Waals surface area contributed by atoms with Crippen LogP contribution in [-0.2, 0) is 12.8 Å². The average molecular weight is 245 g/mol. The fourth-order valence-corrected chi connectivity index (χ4v) is 3.49. The molecule has 3 nitrogen and oxygen atoms in total. The maximum atomic E-state index is 6.13. The van der Waals surface area contributed by atoms with Crippen LogP contribution >= 0.6 is 0 Å². The number of aromatic nitrogens is 2. The van der Waals surface area contributed by atoms with Gasteiger partial charge in [-0.25, -0.2) is 9.97 Å². The Labute approximate surface area is 109 Å². The molecule has 1 aromatic rings. The Kier molecular flexibility index (Phi) is 3.23. The van der Waals surface area contributed by atoms with Crippen molar-refractivity contribution in [1.29, 1.82) is 0 Å². The Hall–Kier alpha value is -1.12. The highest BCUT2D eigenvalue weighted by atomic mass is 15.0. The predicted molar refractivity (Wildman–Crippen MR) is 73.5 cm³/mol. The highest BCUT2D eigenvalue weighted by Gasteiger charge is 2.25. The van der Waals surface area contributed by atoms with Crippen molar-refractivity contribution in [2.24, 2.45) is 5.92 Å². The number of rotatable bonds is 1. The summed E-state index contributed by atoms with van der Waals surface area (Å²) < 4.78 is 0. The molecule has 0 saturated heterocycles. The van der Waals surface area contributed by atoms with E-state index in [9.17, 15) is 0 Å². The third-order valence-electron chi connectivity index (χ3n) is 4.53. The first-order valence-corrected chi connectivity index (χ1v) is 7.39.